The van der Waals surface area contributed by atoms with Gasteiger partial charge in [0.2, 0.25) is 5.91 Å². The molecule has 0 fully saturated rings. The molecule has 0 saturated heterocycles. The molecule has 1 aromatic carbocycles. The van der Waals surface area contributed by atoms with E-state index in [1.165, 1.54) is 4.88 Å². The molecule has 98 valence electrons. The third kappa shape index (κ3) is 2.56. The number of carbonyl (C=O) groups excluding carboxylic acids is 1. The highest BCUT2D eigenvalue weighted by Crippen LogP contribution is 2.31. The first-order valence-electron chi connectivity index (χ1n) is 6.21. The standard InChI is InChI=1S/C14H15N3OS/c15-11-6-9-3-4-14(18)17-12(9)7-13(11)16-8-10-2-1-5-19-10/h1-2,5-7,16H,3-4,8,15H2,(H,17,18). The summed E-state index contributed by atoms with van der Waals surface area (Å²) in [5, 5.41) is 8.25. The maximum Gasteiger partial charge on any atom is 0.224 e. The van der Waals surface area contributed by atoms with Crippen molar-refractivity contribution in [3.63, 3.8) is 0 Å². The number of carbonyl (C=O) groups is 1. The molecule has 1 amide bonds. The van der Waals surface area contributed by atoms with Gasteiger partial charge in [0.25, 0.3) is 0 Å². The van der Waals surface area contributed by atoms with E-state index in [1.54, 1.807) is 11.3 Å². The molecule has 0 spiro atoms. The highest BCUT2D eigenvalue weighted by molar-refractivity contribution is 7.09. The van der Waals surface area contributed by atoms with Gasteiger partial charge in [-0.3, -0.25) is 4.79 Å². The number of thiophene rings is 1. The highest BCUT2D eigenvalue weighted by Gasteiger charge is 2.16. The molecule has 0 unspecified atom stereocenters. The second kappa shape index (κ2) is 4.93. The predicted molar refractivity (Wildman–Crippen MR) is 79.5 cm³/mol. The quantitative estimate of drug-likeness (QED) is 0.753. The zero-order valence-corrected chi connectivity index (χ0v) is 11.2. The van der Waals surface area contributed by atoms with Gasteiger partial charge < -0.3 is 16.4 Å². The number of rotatable bonds is 3. The first-order valence-corrected chi connectivity index (χ1v) is 7.09. The van der Waals surface area contributed by atoms with Gasteiger partial charge >= 0.3 is 0 Å². The summed E-state index contributed by atoms with van der Waals surface area (Å²) in [6.07, 6.45) is 1.30. The van der Waals surface area contributed by atoms with E-state index in [9.17, 15) is 4.79 Å². The topological polar surface area (TPSA) is 67.2 Å². The lowest BCUT2D eigenvalue weighted by Gasteiger charge is -2.19. The monoisotopic (exact) mass is 273 g/mol. The Morgan fingerprint density at radius 2 is 2.26 bits per heavy atom. The minimum atomic E-state index is 0.0708. The lowest BCUT2D eigenvalue weighted by molar-refractivity contribution is -0.116. The summed E-state index contributed by atoms with van der Waals surface area (Å²) < 4.78 is 0. The average Bonchev–Trinajstić information content (AvgIpc) is 2.90. The number of nitrogens with one attached hydrogen (secondary N) is 2. The van der Waals surface area contributed by atoms with Crippen LogP contribution in [0.1, 0.15) is 16.9 Å². The van der Waals surface area contributed by atoms with Crippen molar-refractivity contribution in [3.8, 4) is 0 Å². The molecule has 2 heterocycles. The van der Waals surface area contributed by atoms with Crippen LogP contribution in [-0.2, 0) is 17.8 Å². The smallest absolute Gasteiger partial charge is 0.224 e. The molecule has 3 rings (SSSR count). The lowest BCUT2D eigenvalue weighted by Crippen LogP contribution is -2.19. The van der Waals surface area contributed by atoms with Crippen LogP contribution in [0.25, 0.3) is 0 Å². The molecule has 0 aliphatic carbocycles. The van der Waals surface area contributed by atoms with E-state index >= 15 is 0 Å². The number of amides is 1. The van der Waals surface area contributed by atoms with Crippen LogP contribution in [0.2, 0.25) is 0 Å². The molecule has 2 aromatic rings. The van der Waals surface area contributed by atoms with Gasteiger partial charge in [-0.25, -0.2) is 0 Å². The van der Waals surface area contributed by atoms with Crippen molar-refractivity contribution in [1.29, 1.82) is 0 Å². The highest BCUT2D eigenvalue weighted by atomic mass is 32.1. The van der Waals surface area contributed by atoms with Gasteiger partial charge in [-0.2, -0.15) is 0 Å². The van der Waals surface area contributed by atoms with Gasteiger partial charge in [0, 0.05) is 23.5 Å². The third-order valence-electron chi connectivity index (χ3n) is 3.20. The van der Waals surface area contributed by atoms with Crippen LogP contribution in [0.3, 0.4) is 0 Å². The zero-order chi connectivity index (χ0) is 13.2. The lowest BCUT2D eigenvalue weighted by atomic mass is 10.0. The van der Waals surface area contributed by atoms with Crippen LogP contribution < -0.4 is 16.4 Å². The molecule has 4 N–H and O–H groups in total. The molecule has 0 radical (unpaired) electrons. The SMILES string of the molecule is Nc1cc2c(cc1NCc1cccs1)NC(=O)CC2. The van der Waals surface area contributed by atoms with E-state index < -0.39 is 0 Å². The molecular formula is C14H15N3OS. The van der Waals surface area contributed by atoms with Gasteiger partial charge in [-0.15, -0.1) is 11.3 Å². The molecule has 0 atom stereocenters. The fourth-order valence-corrected chi connectivity index (χ4v) is 2.84. The van der Waals surface area contributed by atoms with Crippen molar-refractivity contribution in [2.24, 2.45) is 0 Å². The van der Waals surface area contributed by atoms with Crippen molar-refractivity contribution < 1.29 is 4.79 Å². The largest absolute Gasteiger partial charge is 0.397 e. The predicted octanol–water partition coefficient (Wildman–Crippen LogP) is 2.83. The molecule has 19 heavy (non-hydrogen) atoms. The number of anilines is 3. The normalized spacial score (nSPS) is 13.8. The van der Waals surface area contributed by atoms with Gasteiger partial charge in [0.05, 0.1) is 11.4 Å². The van der Waals surface area contributed by atoms with E-state index in [4.69, 9.17) is 5.73 Å². The summed E-state index contributed by atoms with van der Waals surface area (Å²) in [4.78, 5) is 12.7. The van der Waals surface area contributed by atoms with Gasteiger partial charge in [0.15, 0.2) is 0 Å². The number of aryl methyl sites for hydroxylation is 1. The van der Waals surface area contributed by atoms with E-state index in [0.717, 1.165) is 35.6 Å². The minimum Gasteiger partial charge on any atom is -0.397 e. The van der Waals surface area contributed by atoms with Crippen LogP contribution >= 0.6 is 11.3 Å². The number of nitrogens with two attached hydrogens (primary N) is 1. The van der Waals surface area contributed by atoms with Crippen LogP contribution in [0.5, 0.6) is 0 Å². The number of hydrogen-bond donors (Lipinski definition) is 3. The average molecular weight is 273 g/mol. The zero-order valence-electron chi connectivity index (χ0n) is 10.4. The van der Waals surface area contributed by atoms with Crippen molar-refractivity contribution in [2.45, 2.75) is 19.4 Å². The summed E-state index contributed by atoms with van der Waals surface area (Å²) in [5.41, 5.74) is 9.63. The Labute approximate surface area is 115 Å². The third-order valence-corrected chi connectivity index (χ3v) is 4.08. The Hall–Kier alpha value is -2.01. The maximum atomic E-state index is 11.4. The molecule has 4 nitrogen and oxygen atoms in total. The number of fused-ring (bicyclic) bond motifs is 1. The van der Waals surface area contributed by atoms with Gasteiger partial charge in [0.1, 0.15) is 0 Å². The number of nitrogen functional groups attached to an aromatic ring is 1. The van der Waals surface area contributed by atoms with Crippen LogP contribution in [-0.4, -0.2) is 5.91 Å². The molecular weight excluding hydrogens is 258 g/mol. The summed E-state index contributed by atoms with van der Waals surface area (Å²) in [6, 6.07) is 7.98. The van der Waals surface area contributed by atoms with Crippen molar-refractivity contribution in [3.05, 3.63) is 40.1 Å². The number of hydrogen-bond acceptors (Lipinski definition) is 4. The molecule has 1 aliphatic rings. The molecule has 1 aromatic heterocycles. The van der Waals surface area contributed by atoms with Crippen LogP contribution in [0.4, 0.5) is 17.1 Å². The second-order valence-corrected chi connectivity index (χ2v) is 5.61. The second-order valence-electron chi connectivity index (χ2n) is 4.58. The van der Waals surface area contributed by atoms with E-state index in [1.807, 2.05) is 23.6 Å². The Morgan fingerprint density at radius 3 is 3.05 bits per heavy atom. The summed E-state index contributed by atoms with van der Waals surface area (Å²) in [7, 11) is 0. The summed E-state index contributed by atoms with van der Waals surface area (Å²) >= 11 is 1.70. The summed E-state index contributed by atoms with van der Waals surface area (Å²) in [6.45, 7) is 0.745. The first kappa shape index (κ1) is 12.0. The Kier molecular flexibility index (Phi) is 3.13. The molecule has 5 heteroatoms. The molecule has 0 bridgehead atoms. The van der Waals surface area contributed by atoms with Gasteiger partial charge in [-0.05, 0) is 35.6 Å². The fraction of sp³-hybridized carbons (Fsp3) is 0.214. The van der Waals surface area contributed by atoms with Crippen molar-refractivity contribution in [1.82, 2.24) is 0 Å². The first-order chi connectivity index (χ1) is 9.22. The van der Waals surface area contributed by atoms with Crippen LogP contribution in [0.15, 0.2) is 29.6 Å². The maximum absolute atomic E-state index is 11.4. The Morgan fingerprint density at radius 1 is 1.37 bits per heavy atom. The Bertz CT molecular complexity index is 607. The minimum absolute atomic E-state index is 0.0708. The van der Waals surface area contributed by atoms with E-state index in [-0.39, 0.29) is 5.91 Å². The van der Waals surface area contributed by atoms with E-state index in [2.05, 4.69) is 16.7 Å². The summed E-state index contributed by atoms with van der Waals surface area (Å²) in [5.74, 6) is 0.0708. The Balaban J connectivity index is 1.81. The van der Waals surface area contributed by atoms with Crippen molar-refractivity contribution >= 4 is 34.3 Å². The van der Waals surface area contributed by atoms with E-state index in [0.29, 0.717) is 6.42 Å². The molecule has 0 saturated carbocycles. The van der Waals surface area contributed by atoms with Gasteiger partial charge in [-0.1, -0.05) is 6.07 Å². The molecule has 1 aliphatic heterocycles. The van der Waals surface area contributed by atoms with Crippen LogP contribution in [0, 0.1) is 0 Å². The fourth-order valence-electron chi connectivity index (χ4n) is 2.20. The van der Waals surface area contributed by atoms with Crippen molar-refractivity contribution in [2.75, 3.05) is 16.4 Å². The number of benzene rings is 1.